The zero-order chi connectivity index (χ0) is 11.4. The Hall–Kier alpha value is -1.65. The lowest BCUT2D eigenvalue weighted by molar-refractivity contribution is 0.327. The van der Waals surface area contributed by atoms with Gasteiger partial charge in [-0.3, -0.25) is 5.73 Å². The van der Waals surface area contributed by atoms with Crippen LogP contribution in [0.5, 0.6) is 5.75 Å². The second-order valence-corrected chi connectivity index (χ2v) is 3.44. The van der Waals surface area contributed by atoms with Crippen LogP contribution in [0.1, 0.15) is 0 Å². The fourth-order valence-electron chi connectivity index (χ4n) is 1.27. The monoisotopic (exact) mass is 235 g/mol. The molecule has 0 saturated heterocycles. The minimum absolute atomic E-state index is 0.106. The molecule has 0 aliphatic rings. The zero-order valence-corrected chi connectivity index (χ0v) is 9.19. The van der Waals surface area contributed by atoms with Crippen molar-refractivity contribution in [2.24, 2.45) is 5.73 Å². The molecule has 5 heteroatoms. The van der Waals surface area contributed by atoms with E-state index in [0.717, 1.165) is 5.56 Å². The summed E-state index contributed by atoms with van der Waals surface area (Å²) in [6.07, 6.45) is 3.14. The summed E-state index contributed by atoms with van der Waals surface area (Å²) in [5, 5.41) is 0.620. The molecule has 2 rings (SSSR count). The Kier molecular flexibility index (Phi) is 3.34. The minimum atomic E-state index is 0.106. The van der Waals surface area contributed by atoms with Gasteiger partial charge >= 0.3 is 0 Å². The summed E-state index contributed by atoms with van der Waals surface area (Å²) in [6, 6.07) is 7.40. The summed E-state index contributed by atoms with van der Waals surface area (Å²) in [5.41, 5.74) is 6.03. The highest BCUT2D eigenvalue weighted by molar-refractivity contribution is 6.33. The van der Waals surface area contributed by atoms with Crippen LogP contribution < -0.4 is 10.5 Å². The van der Waals surface area contributed by atoms with Crippen molar-refractivity contribution < 1.29 is 4.74 Å². The summed E-state index contributed by atoms with van der Waals surface area (Å²) < 4.78 is 5.05. The van der Waals surface area contributed by atoms with Gasteiger partial charge in [0.05, 0.1) is 17.4 Å². The van der Waals surface area contributed by atoms with E-state index in [1.54, 1.807) is 18.5 Å². The Bertz CT molecular complexity index is 473. The molecule has 4 nitrogen and oxygen atoms in total. The SMILES string of the molecule is NCOc1cnc(-c2ccccc2Cl)nc1. The average molecular weight is 236 g/mol. The number of halogens is 1. The predicted octanol–water partition coefficient (Wildman–Crippen LogP) is 2.09. The number of hydrogen-bond acceptors (Lipinski definition) is 4. The van der Waals surface area contributed by atoms with Crippen LogP contribution in [0.15, 0.2) is 36.7 Å². The molecule has 0 atom stereocenters. The molecule has 16 heavy (non-hydrogen) atoms. The minimum Gasteiger partial charge on any atom is -0.475 e. The maximum absolute atomic E-state index is 6.03. The van der Waals surface area contributed by atoms with Crippen molar-refractivity contribution in [2.75, 3.05) is 6.73 Å². The number of hydrogen-bond donors (Lipinski definition) is 1. The van der Waals surface area contributed by atoms with E-state index in [4.69, 9.17) is 22.1 Å². The number of nitrogens with two attached hydrogens (primary N) is 1. The lowest BCUT2D eigenvalue weighted by Crippen LogP contribution is -2.07. The van der Waals surface area contributed by atoms with Crippen molar-refractivity contribution in [1.82, 2.24) is 9.97 Å². The molecule has 1 heterocycles. The van der Waals surface area contributed by atoms with E-state index in [9.17, 15) is 0 Å². The number of nitrogens with zero attached hydrogens (tertiary/aromatic N) is 2. The first kappa shape index (κ1) is 10.9. The molecule has 2 aromatic rings. The fourth-order valence-corrected chi connectivity index (χ4v) is 1.49. The molecular formula is C11H10ClN3O. The van der Waals surface area contributed by atoms with Crippen molar-refractivity contribution in [3.05, 3.63) is 41.7 Å². The van der Waals surface area contributed by atoms with Gasteiger partial charge < -0.3 is 4.74 Å². The van der Waals surface area contributed by atoms with Gasteiger partial charge in [0.25, 0.3) is 0 Å². The van der Waals surface area contributed by atoms with E-state index in [1.807, 2.05) is 18.2 Å². The maximum atomic E-state index is 6.03. The van der Waals surface area contributed by atoms with E-state index in [-0.39, 0.29) is 6.73 Å². The highest BCUT2D eigenvalue weighted by Gasteiger charge is 2.05. The quantitative estimate of drug-likeness (QED) is 0.828. The molecule has 1 aromatic carbocycles. The van der Waals surface area contributed by atoms with Gasteiger partial charge in [-0.2, -0.15) is 0 Å². The van der Waals surface area contributed by atoms with Crippen LogP contribution in [0.3, 0.4) is 0 Å². The third-order valence-electron chi connectivity index (χ3n) is 1.99. The highest BCUT2D eigenvalue weighted by Crippen LogP contribution is 2.24. The van der Waals surface area contributed by atoms with Crippen molar-refractivity contribution in [2.45, 2.75) is 0 Å². The second kappa shape index (κ2) is 4.92. The van der Waals surface area contributed by atoms with Crippen molar-refractivity contribution in [3.8, 4) is 17.1 Å². The Labute approximate surface area is 98.0 Å². The van der Waals surface area contributed by atoms with E-state index >= 15 is 0 Å². The lowest BCUT2D eigenvalue weighted by Gasteiger charge is -2.04. The Morgan fingerprint density at radius 3 is 2.50 bits per heavy atom. The van der Waals surface area contributed by atoms with E-state index < -0.39 is 0 Å². The van der Waals surface area contributed by atoms with Crippen LogP contribution in [0.2, 0.25) is 5.02 Å². The molecule has 0 amide bonds. The van der Waals surface area contributed by atoms with Gasteiger partial charge in [-0.15, -0.1) is 0 Å². The van der Waals surface area contributed by atoms with E-state index in [2.05, 4.69) is 9.97 Å². The van der Waals surface area contributed by atoms with Crippen LogP contribution in [-0.2, 0) is 0 Å². The topological polar surface area (TPSA) is 61.0 Å². The third-order valence-corrected chi connectivity index (χ3v) is 2.32. The highest BCUT2D eigenvalue weighted by atomic mass is 35.5. The van der Waals surface area contributed by atoms with Gasteiger partial charge in [-0.1, -0.05) is 23.7 Å². The summed E-state index contributed by atoms with van der Waals surface area (Å²) in [4.78, 5) is 8.30. The van der Waals surface area contributed by atoms with E-state index in [1.165, 1.54) is 0 Å². The van der Waals surface area contributed by atoms with Gasteiger partial charge in [-0.05, 0) is 12.1 Å². The predicted molar refractivity (Wildman–Crippen MR) is 62.2 cm³/mol. The van der Waals surface area contributed by atoms with Crippen molar-refractivity contribution in [1.29, 1.82) is 0 Å². The van der Waals surface area contributed by atoms with Gasteiger partial charge in [0.2, 0.25) is 0 Å². The molecule has 0 radical (unpaired) electrons. The Morgan fingerprint density at radius 1 is 1.19 bits per heavy atom. The van der Waals surface area contributed by atoms with Crippen LogP contribution in [0.4, 0.5) is 0 Å². The summed E-state index contributed by atoms with van der Waals surface area (Å²) in [5.74, 6) is 1.10. The van der Waals surface area contributed by atoms with Crippen molar-refractivity contribution in [3.63, 3.8) is 0 Å². The van der Waals surface area contributed by atoms with Gasteiger partial charge in [0.1, 0.15) is 6.73 Å². The molecular weight excluding hydrogens is 226 g/mol. The molecule has 0 fully saturated rings. The van der Waals surface area contributed by atoms with Crippen LogP contribution >= 0.6 is 11.6 Å². The average Bonchev–Trinajstić information content (AvgIpc) is 2.31. The normalized spacial score (nSPS) is 10.1. The molecule has 0 bridgehead atoms. The Morgan fingerprint density at radius 2 is 1.88 bits per heavy atom. The van der Waals surface area contributed by atoms with Gasteiger partial charge in [-0.25, -0.2) is 9.97 Å². The lowest BCUT2D eigenvalue weighted by atomic mass is 10.2. The molecule has 1 aromatic heterocycles. The van der Waals surface area contributed by atoms with Crippen LogP contribution in [-0.4, -0.2) is 16.7 Å². The molecule has 0 aliphatic heterocycles. The number of aromatic nitrogens is 2. The number of benzene rings is 1. The summed E-state index contributed by atoms with van der Waals surface area (Å²) in [7, 11) is 0. The fraction of sp³-hybridized carbons (Fsp3) is 0.0909. The van der Waals surface area contributed by atoms with Crippen molar-refractivity contribution >= 4 is 11.6 Å². The standard InChI is InChI=1S/C11H10ClN3O/c12-10-4-2-1-3-9(10)11-14-5-8(6-15-11)16-7-13/h1-6H,7,13H2. The first-order valence-corrected chi connectivity index (χ1v) is 5.09. The van der Waals surface area contributed by atoms with Crippen LogP contribution in [0.25, 0.3) is 11.4 Å². The summed E-state index contributed by atoms with van der Waals surface area (Å²) in [6.45, 7) is 0.106. The number of rotatable bonds is 3. The first-order valence-electron chi connectivity index (χ1n) is 4.71. The number of ether oxygens (including phenoxy) is 1. The Balaban J connectivity index is 2.31. The molecule has 82 valence electrons. The van der Waals surface area contributed by atoms with Crippen LogP contribution in [0, 0.1) is 0 Å². The van der Waals surface area contributed by atoms with Gasteiger partial charge in [0.15, 0.2) is 11.6 Å². The molecule has 2 N–H and O–H groups in total. The summed E-state index contributed by atoms with van der Waals surface area (Å²) >= 11 is 6.03. The van der Waals surface area contributed by atoms with Gasteiger partial charge in [0, 0.05) is 5.56 Å². The third kappa shape index (κ3) is 2.29. The molecule has 0 aliphatic carbocycles. The largest absolute Gasteiger partial charge is 0.475 e. The molecule has 0 spiro atoms. The van der Waals surface area contributed by atoms with E-state index in [0.29, 0.717) is 16.6 Å². The zero-order valence-electron chi connectivity index (χ0n) is 8.43. The molecule has 0 unspecified atom stereocenters. The maximum Gasteiger partial charge on any atom is 0.160 e. The second-order valence-electron chi connectivity index (χ2n) is 3.03. The first-order chi connectivity index (χ1) is 7.81. The smallest absolute Gasteiger partial charge is 0.160 e. The molecule has 0 saturated carbocycles.